The van der Waals surface area contributed by atoms with Crippen molar-refractivity contribution in [2.75, 3.05) is 54.0 Å². The summed E-state index contributed by atoms with van der Waals surface area (Å²) in [6.45, 7) is 16.0. The molecule has 6 unspecified atom stereocenters. The summed E-state index contributed by atoms with van der Waals surface area (Å²) in [4.78, 5) is 75.4. The number of likely N-dealkylation sites (N-methyl/N-ethyl adjacent to an activating group) is 2. The van der Waals surface area contributed by atoms with Crippen molar-refractivity contribution in [1.82, 2.24) is 39.3 Å². The van der Waals surface area contributed by atoms with Gasteiger partial charge in [0.25, 0.3) is 0 Å². The van der Waals surface area contributed by atoms with E-state index < -0.39 is 27.5 Å². The average molecular weight is 1000 g/mol. The Balaban J connectivity index is 1.06. The van der Waals surface area contributed by atoms with Crippen molar-refractivity contribution in [2.45, 2.75) is 108 Å². The van der Waals surface area contributed by atoms with E-state index in [1.807, 2.05) is 31.7 Å². The number of likely N-dealkylation sites (tertiary alicyclic amines) is 2. The number of hydrazine groups is 1. The van der Waals surface area contributed by atoms with E-state index in [-0.39, 0.29) is 57.1 Å². The smallest absolute Gasteiger partial charge is 0.324 e. The number of nitrogens with one attached hydrogen (secondary N) is 1. The number of aromatic nitrogens is 3. The van der Waals surface area contributed by atoms with Crippen molar-refractivity contribution >= 4 is 75.4 Å². The summed E-state index contributed by atoms with van der Waals surface area (Å²) >= 11 is 1.53. The molecule has 7 radical (unpaired) electrons. The van der Waals surface area contributed by atoms with E-state index in [1.165, 1.54) is 11.3 Å². The van der Waals surface area contributed by atoms with Gasteiger partial charge >= 0.3 is 12.0 Å². The van der Waals surface area contributed by atoms with Crippen LogP contribution in [0.5, 0.6) is 0 Å². The fraction of sp³-hybridized carbons (Fsp3) is 0.569. The van der Waals surface area contributed by atoms with E-state index in [4.69, 9.17) is 19.4 Å². The van der Waals surface area contributed by atoms with E-state index in [0.29, 0.717) is 66.5 Å². The maximum atomic E-state index is 15.6. The number of pyridine rings is 1. The van der Waals surface area contributed by atoms with E-state index in [2.05, 4.69) is 82.3 Å². The second-order valence-electron chi connectivity index (χ2n) is 21.4. The topological polar surface area (TPSA) is 142 Å². The molecule has 6 bridgehead atoms. The third kappa shape index (κ3) is 8.22. The first-order valence-electron chi connectivity index (χ1n) is 24.5. The number of carbonyl (C=O) groups excluding carboxylic acids is 4. The lowest BCUT2D eigenvalue weighted by Gasteiger charge is -2.54. The van der Waals surface area contributed by atoms with Crippen LogP contribution < -0.4 is 5.09 Å². The Morgan fingerprint density at radius 3 is 2.68 bits per heavy atom. The number of methoxy groups -OCH3 is 1. The molecule has 69 heavy (non-hydrogen) atoms. The van der Waals surface area contributed by atoms with Crippen LogP contribution in [0.2, 0.25) is 16.6 Å². The molecule has 1 N–H and O–H groups in total. The molecule has 5 aliphatic heterocycles. The normalized spacial score (nSPS) is 28.6. The zero-order valence-corrected chi connectivity index (χ0v) is 45.1. The Morgan fingerprint density at radius 1 is 1.13 bits per heavy atom. The number of Topliss-reactive ketones (excluding diaryl/α,β-unsaturated/α-hetero) is 1. The fourth-order valence-electron chi connectivity index (χ4n) is 12.1. The van der Waals surface area contributed by atoms with Gasteiger partial charge in [-0.25, -0.2) is 9.78 Å². The van der Waals surface area contributed by atoms with Gasteiger partial charge in [-0.2, -0.15) is 0 Å². The summed E-state index contributed by atoms with van der Waals surface area (Å²) < 4.78 is 14.6. The SMILES string of the molecule is CCn1c(-c2cccnc2[C@@](C)([Si])OC)c2c3cc(ccc31)-c1csc(n1)CC1(C(=O)N3CCC[C@H]([Si]N3)C(=O)OCC(C)(C)C2)C2[Si]C2C1C(=O)C(=C(C)C)N(C)C(=O)N1CC2CCN(C)CC21. The second-order valence-corrected chi connectivity index (χ2v) is 26.1. The van der Waals surface area contributed by atoms with Crippen molar-refractivity contribution in [3.63, 3.8) is 0 Å². The molecular weight excluding hydrogens is 937 g/mol. The highest BCUT2D eigenvalue weighted by atomic mass is 32.1. The zero-order chi connectivity index (χ0) is 48.9. The fourth-order valence-corrected chi connectivity index (χ4v) is 16.4. The number of piperidine rings is 1. The molecule has 3 amide bonds. The Morgan fingerprint density at radius 2 is 1.93 bits per heavy atom. The number of nitrogens with zero attached hydrogens (tertiary/aromatic N) is 7. The molecule has 3 aromatic heterocycles. The molecule has 1 aromatic carbocycles. The van der Waals surface area contributed by atoms with Gasteiger partial charge in [-0.05, 0) is 119 Å². The van der Waals surface area contributed by atoms with E-state index in [0.717, 1.165) is 74.8 Å². The van der Waals surface area contributed by atoms with Gasteiger partial charge in [0, 0.05) is 101 Å². The van der Waals surface area contributed by atoms with Gasteiger partial charge in [0.1, 0.15) is 0 Å². The van der Waals surface area contributed by atoms with E-state index in [1.54, 1.807) is 30.3 Å². The number of thiazole rings is 1. The number of amides is 3. The third-order valence-corrected chi connectivity index (χ3v) is 20.3. The molecule has 361 valence electrons. The van der Waals surface area contributed by atoms with Crippen molar-refractivity contribution in [2.24, 2.45) is 22.7 Å². The van der Waals surface area contributed by atoms with Crippen LogP contribution in [-0.4, -0.2) is 147 Å². The number of ketones is 1. The number of esters is 1. The number of hydrogen-bond acceptors (Lipinski definition) is 11. The van der Waals surface area contributed by atoms with Crippen LogP contribution in [0.25, 0.3) is 33.4 Å². The van der Waals surface area contributed by atoms with E-state index >= 15 is 9.59 Å². The molecule has 18 heteroatoms. The highest BCUT2D eigenvalue weighted by Crippen LogP contribution is 2.77. The number of hydrogen-bond donors (Lipinski definition) is 1. The monoisotopic (exact) mass is 999 g/mol. The molecule has 8 atom stereocenters. The Labute approximate surface area is 418 Å². The third-order valence-electron chi connectivity index (χ3n) is 15.8. The number of rotatable bonds is 7. The molecule has 1 saturated carbocycles. The number of cyclic esters (lactones) is 1. The average Bonchev–Trinajstić information content (AvgIpc) is 3.84. The quantitative estimate of drug-likeness (QED) is 0.124. The standard InChI is InChI=1S/C51H63N8O6SSi3/c1-10-57-35-16-15-29-21-32(35)33(41(57)31-13-11-18-52-44(31)50(6,67)64-9)22-49(4,5)27-65-46(61)37-14-12-19-59(54-69-37)47(62)51(23-38-53-34(29)26-66-38)39(43-45(51)68-43)42(60)40(28(2)3)56(8)48(63)58-24-30-17-20-55(7)25-36(30)58/h11,13,15-16,18,21,26,30,36-37,39,43,45,54H,10,12,14,17,19-20,22-25,27H2,1-9H3/t30?,36?,37-,39?,43?,45?,50+,51?/m0/s1. The van der Waals surface area contributed by atoms with Gasteiger partial charge in [0.15, 0.2) is 15.5 Å². The summed E-state index contributed by atoms with van der Waals surface area (Å²) in [5.41, 5.74) is 5.91. The molecular formula is C51H63N8O6SSi3. The van der Waals surface area contributed by atoms with Crippen molar-refractivity contribution in [3.05, 3.63) is 69.4 Å². The van der Waals surface area contributed by atoms with Crippen molar-refractivity contribution in [1.29, 1.82) is 0 Å². The molecule has 4 aromatic rings. The molecule has 4 saturated heterocycles. The largest absolute Gasteiger partial charge is 0.465 e. The first-order valence-corrected chi connectivity index (χ1v) is 28.1. The minimum atomic E-state index is -1.07. The Kier molecular flexibility index (Phi) is 12.7. The molecule has 1 spiro atoms. The number of fused-ring (bicyclic) bond motifs is 10. The Bertz CT molecular complexity index is 2770. The number of urea groups is 1. The highest BCUT2D eigenvalue weighted by molar-refractivity contribution is 7.10. The predicted molar refractivity (Wildman–Crippen MR) is 270 cm³/mol. The summed E-state index contributed by atoms with van der Waals surface area (Å²) in [5.74, 6) is -0.685. The lowest BCUT2D eigenvalue weighted by molar-refractivity contribution is -0.156. The summed E-state index contributed by atoms with van der Waals surface area (Å²) in [6, 6.07) is 10.5. The van der Waals surface area contributed by atoms with Gasteiger partial charge in [-0.3, -0.25) is 34.4 Å². The molecule has 10 rings (SSSR count). The maximum absolute atomic E-state index is 15.6. The van der Waals surface area contributed by atoms with Crippen molar-refractivity contribution in [3.8, 4) is 22.5 Å². The van der Waals surface area contributed by atoms with Gasteiger partial charge < -0.3 is 23.8 Å². The minimum Gasteiger partial charge on any atom is -0.465 e. The molecule has 6 aliphatic rings. The van der Waals surface area contributed by atoms with Crippen LogP contribution in [0.15, 0.2) is 53.2 Å². The number of aryl methyl sites for hydroxylation is 1. The van der Waals surface area contributed by atoms with Gasteiger partial charge in [-0.15, -0.1) is 11.3 Å². The first kappa shape index (κ1) is 48.3. The minimum absolute atomic E-state index is 0.0213. The van der Waals surface area contributed by atoms with Gasteiger partial charge in [-0.1, -0.05) is 19.9 Å². The lowest BCUT2D eigenvalue weighted by atomic mass is 9.55. The molecule has 1 aliphatic carbocycles. The Hall–Kier alpha value is -4.31. The van der Waals surface area contributed by atoms with Gasteiger partial charge in [0.2, 0.25) is 5.91 Å². The van der Waals surface area contributed by atoms with Crippen LogP contribution in [0.1, 0.15) is 77.1 Å². The number of benzene rings is 1. The molecule has 8 heterocycles. The van der Waals surface area contributed by atoms with Gasteiger partial charge in [0.05, 0.1) is 66.9 Å². The summed E-state index contributed by atoms with van der Waals surface area (Å²) in [6.07, 6.45) is 4.93. The molecule has 14 nitrogen and oxygen atoms in total. The van der Waals surface area contributed by atoms with Crippen LogP contribution >= 0.6 is 11.3 Å². The predicted octanol–water partition coefficient (Wildman–Crippen LogP) is 6.50. The summed E-state index contributed by atoms with van der Waals surface area (Å²) in [5, 5.41) is 8.21. The van der Waals surface area contributed by atoms with Crippen LogP contribution in [-0.2, 0) is 48.5 Å². The van der Waals surface area contributed by atoms with Crippen LogP contribution in [0.3, 0.4) is 0 Å². The van der Waals surface area contributed by atoms with Crippen LogP contribution in [0, 0.1) is 22.7 Å². The second kappa shape index (κ2) is 18.1. The maximum Gasteiger partial charge on any atom is 0.324 e. The number of allylic oxidation sites excluding steroid dienone is 2. The van der Waals surface area contributed by atoms with E-state index in [9.17, 15) is 9.59 Å². The first-order chi connectivity index (χ1) is 32.9. The zero-order valence-electron chi connectivity index (χ0n) is 41.3. The highest BCUT2D eigenvalue weighted by Gasteiger charge is 2.77. The van der Waals surface area contributed by atoms with Crippen molar-refractivity contribution < 1.29 is 28.7 Å². The summed E-state index contributed by atoms with van der Waals surface area (Å²) in [7, 11) is 9.74. The number of carbonyl (C=O) groups is 4. The number of ether oxygens (including phenoxy) is 2. The van der Waals surface area contributed by atoms with Crippen LogP contribution in [0.4, 0.5) is 4.79 Å². The lowest BCUT2D eigenvalue weighted by Crippen LogP contribution is -2.67. The molecule has 5 fully saturated rings.